The number of benzene rings is 3. The summed E-state index contributed by atoms with van der Waals surface area (Å²) >= 11 is 0. The number of carbonyl (C=O) groups is 1. The zero-order valence-corrected chi connectivity index (χ0v) is 19.4. The van der Waals surface area contributed by atoms with Gasteiger partial charge in [0.25, 0.3) is 5.91 Å². The fraction of sp³-hybridized carbons (Fsp3) is 0.240. The molecule has 0 saturated heterocycles. The fourth-order valence-corrected chi connectivity index (χ4v) is 4.51. The molecule has 7 heteroatoms. The highest BCUT2D eigenvalue weighted by molar-refractivity contribution is 7.92. The number of hydrogen-bond acceptors (Lipinski definition) is 3. The molecule has 0 aliphatic carbocycles. The summed E-state index contributed by atoms with van der Waals surface area (Å²) in [5.74, 6) is -0.735. The van der Waals surface area contributed by atoms with E-state index in [9.17, 15) is 17.6 Å². The molecule has 0 saturated carbocycles. The summed E-state index contributed by atoms with van der Waals surface area (Å²) in [5, 5.41) is 2.98. The average Bonchev–Trinajstić information content (AvgIpc) is 2.72. The maximum Gasteiger partial charge on any atom is 0.251 e. The first-order chi connectivity index (χ1) is 15.1. The number of amides is 1. The summed E-state index contributed by atoms with van der Waals surface area (Å²) in [6.45, 7) is 5.81. The van der Waals surface area contributed by atoms with E-state index in [1.54, 1.807) is 42.5 Å². The largest absolute Gasteiger partial charge is 0.346 e. The van der Waals surface area contributed by atoms with E-state index in [0.717, 1.165) is 27.3 Å². The van der Waals surface area contributed by atoms with E-state index in [1.165, 1.54) is 6.07 Å². The van der Waals surface area contributed by atoms with Crippen LogP contribution >= 0.6 is 0 Å². The third-order valence-corrected chi connectivity index (χ3v) is 6.47. The Kier molecular flexibility index (Phi) is 6.99. The highest BCUT2D eigenvalue weighted by Gasteiger charge is 2.20. The number of anilines is 1. The molecule has 3 aromatic rings. The predicted molar refractivity (Wildman–Crippen MR) is 126 cm³/mol. The molecule has 0 spiro atoms. The molecule has 0 bridgehead atoms. The Morgan fingerprint density at radius 3 is 2.28 bits per heavy atom. The molecule has 1 amide bonds. The molecule has 3 rings (SSSR count). The van der Waals surface area contributed by atoms with Gasteiger partial charge in [-0.25, -0.2) is 12.8 Å². The maximum atomic E-state index is 14.1. The number of nitrogens with one attached hydrogen (secondary N) is 1. The molecule has 0 radical (unpaired) electrons. The van der Waals surface area contributed by atoms with Gasteiger partial charge in [-0.15, -0.1) is 0 Å². The zero-order chi connectivity index (χ0) is 23.5. The quantitative estimate of drug-likeness (QED) is 0.552. The van der Waals surface area contributed by atoms with Gasteiger partial charge in [0.15, 0.2) is 0 Å². The van der Waals surface area contributed by atoms with Crippen molar-refractivity contribution in [2.75, 3.05) is 10.6 Å². The number of rotatable bonds is 7. The minimum absolute atomic E-state index is 0.138. The molecule has 0 unspecified atom stereocenters. The molecule has 0 fully saturated rings. The zero-order valence-electron chi connectivity index (χ0n) is 18.6. The van der Waals surface area contributed by atoms with Crippen molar-refractivity contribution in [3.05, 3.63) is 100 Å². The van der Waals surface area contributed by atoms with Gasteiger partial charge in [0, 0.05) is 11.1 Å². The maximum absolute atomic E-state index is 14.1. The van der Waals surface area contributed by atoms with Crippen LogP contribution in [0.3, 0.4) is 0 Å². The average molecular weight is 455 g/mol. The molecule has 5 nitrogen and oxygen atoms in total. The fourth-order valence-electron chi connectivity index (χ4n) is 3.63. The van der Waals surface area contributed by atoms with Crippen molar-refractivity contribution in [2.45, 2.75) is 33.4 Å². The first-order valence-corrected chi connectivity index (χ1v) is 12.1. The Hall–Kier alpha value is -3.19. The molecule has 0 aliphatic rings. The van der Waals surface area contributed by atoms with Crippen LogP contribution in [-0.4, -0.2) is 20.6 Å². The summed E-state index contributed by atoms with van der Waals surface area (Å²) < 4.78 is 39.9. The third kappa shape index (κ3) is 5.53. The minimum Gasteiger partial charge on any atom is -0.346 e. The van der Waals surface area contributed by atoms with E-state index >= 15 is 0 Å². The number of hydrogen-bond donors (Lipinski definition) is 1. The highest BCUT2D eigenvalue weighted by atomic mass is 32.2. The molecule has 32 heavy (non-hydrogen) atoms. The molecular weight excluding hydrogens is 427 g/mol. The summed E-state index contributed by atoms with van der Waals surface area (Å²) in [4.78, 5) is 12.7. The lowest BCUT2D eigenvalue weighted by molar-refractivity contribution is 0.0940. The Labute approximate surface area is 188 Å². The number of carbonyl (C=O) groups excluding carboxylic acids is 1. The van der Waals surface area contributed by atoms with Crippen molar-refractivity contribution in [1.29, 1.82) is 0 Å². The number of nitrogens with zero attached hydrogens (tertiary/aromatic N) is 1. The van der Waals surface area contributed by atoms with Crippen molar-refractivity contribution in [3.63, 3.8) is 0 Å². The van der Waals surface area contributed by atoms with Gasteiger partial charge in [-0.3, -0.25) is 9.10 Å². The van der Waals surface area contributed by atoms with E-state index in [-0.39, 0.29) is 24.1 Å². The molecule has 168 valence electrons. The van der Waals surface area contributed by atoms with Crippen LogP contribution in [0.5, 0.6) is 0 Å². The van der Waals surface area contributed by atoms with Gasteiger partial charge in [-0.2, -0.15) is 0 Å². The second-order valence-corrected chi connectivity index (χ2v) is 9.87. The smallest absolute Gasteiger partial charge is 0.251 e. The van der Waals surface area contributed by atoms with Gasteiger partial charge in [0.05, 0.1) is 24.5 Å². The van der Waals surface area contributed by atoms with Crippen LogP contribution in [0.25, 0.3) is 0 Å². The van der Waals surface area contributed by atoms with Gasteiger partial charge in [-0.1, -0.05) is 42.0 Å². The van der Waals surface area contributed by atoms with E-state index in [4.69, 9.17) is 0 Å². The molecule has 0 aromatic heterocycles. The third-order valence-electron chi connectivity index (χ3n) is 5.33. The second kappa shape index (κ2) is 9.53. The Morgan fingerprint density at radius 2 is 1.69 bits per heavy atom. The number of aryl methyl sites for hydroxylation is 2. The summed E-state index contributed by atoms with van der Waals surface area (Å²) in [7, 11) is -3.66. The van der Waals surface area contributed by atoms with Crippen LogP contribution in [0, 0.1) is 19.7 Å². The summed E-state index contributed by atoms with van der Waals surface area (Å²) in [6.07, 6.45) is 1.07. The highest BCUT2D eigenvalue weighted by Crippen LogP contribution is 2.23. The van der Waals surface area contributed by atoms with Gasteiger partial charge in [-0.05, 0) is 62.2 Å². The van der Waals surface area contributed by atoms with Crippen molar-refractivity contribution in [2.24, 2.45) is 0 Å². The predicted octanol–water partition coefficient (Wildman–Crippen LogP) is 4.90. The normalized spacial score (nSPS) is 12.3. The molecule has 3 aromatic carbocycles. The van der Waals surface area contributed by atoms with E-state index < -0.39 is 15.8 Å². The minimum atomic E-state index is -3.66. The van der Waals surface area contributed by atoms with E-state index in [0.29, 0.717) is 11.3 Å². The molecule has 0 heterocycles. The molecular formula is C25H27FN2O3S. The summed E-state index contributed by atoms with van der Waals surface area (Å²) in [6, 6.07) is 18.2. The topological polar surface area (TPSA) is 66.5 Å². The standard InChI is InChI=1S/C25H27FN2O3S/c1-17-9-14-23(18(2)15-17)19(3)27-25(29)20-10-12-22(13-11-20)28(32(4,30)31)16-21-7-5-6-8-24(21)26/h5-15,19H,16H2,1-4H3,(H,27,29)/t19-/m1/s1. The Bertz CT molecular complexity index is 1220. The lowest BCUT2D eigenvalue weighted by Crippen LogP contribution is -2.30. The molecule has 0 aliphatic heterocycles. The first kappa shape index (κ1) is 23.5. The molecule has 1 atom stereocenters. The SMILES string of the molecule is Cc1ccc([C@@H](C)NC(=O)c2ccc(N(Cc3ccccc3F)S(C)(=O)=O)cc2)c(C)c1. The Morgan fingerprint density at radius 1 is 1.03 bits per heavy atom. The van der Waals surface area contributed by atoms with Crippen molar-refractivity contribution in [3.8, 4) is 0 Å². The van der Waals surface area contributed by atoms with Crippen molar-refractivity contribution in [1.82, 2.24) is 5.32 Å². The van der Waals surface area contributed by atoms with Crippen molar-refractivity contribution < 1.29 is 17.6 Å². The van der Waals surface area contributed by atoms with E-state index in [2.05, 4.69) is 11.4 Å². The second-order valence-electron chi connectivity index (χ2n) is 7.96. The van der Waals surface area contributed by atoms with Crippen LogP contribution in [-0.2, 0) is 16.6 Å². The first-order valence-electron chi connectivity index (χ1n) is 10.3. The van der Waals surface area contributed by atoms with Gasteiger partial charge >= 0.3 is 0 Å². The van der Waals surface area contributed by atoms with Crippen LogP contribution in [0.1, 0.15) is 45.6 Å². The monoisotopic (exact) mass is 454 g/mol. The lowest BCUT2D eigenvalue weighted by atomic mass is 10.00. The van der Waals surface area contributed by atoms with Crippen molar-refractivity contribution >= 4 is 21.6 Å². The van der Waals surface area contributed by atoms with Gasteiger partial charge in [0.1, 0.15) is 5.82 Å². The Balaban J connectivity index is 1.78. The summed E-state index contributed by atoms with van der Waals surface area (Å²) in [5.41, 5.74) is 4.33. The van der Waals surface area contributed by atoms with Gasteiger partial charge in [0.2, 0.25) is 10.0 Å². The van der Waals surface area contributed by atoms with Crippen LogP contribution in [0.15, 0.2) is 66.7 Å². The van der Waals surface area contributed by atoms with Crippen LogP contribution in [0.4, 0.5) is 10.1 Å². The lowest BCUT2D eigenvalue weighted by Gasteiger charge is -2.23. The van der Waals surface area contributed by atoms with E-state index in [1.807, 2.05) is 32.9 Å². The molecule has 1 N–H and O–H groups in total. The number of halogens is 1. The number of sulfonamides is 1. The van der Waals surface area contributed by atoms with Crippen LogP contribution < -0.4 is 9.62 Å². The van der Waals surface area contributed by atoms with Crippen LogP contribution in [0.2, 0.25) is 0 Å². The van der Waals surface area contributed by atoms with Gasteiger partial charge < -0.3 is 5.32 Å².